The molecule has 0 bridgehead atoms. The van der Waals surface area contributed by atoms with Gasteiger partial charge in [0.15, 0.2) is 5.78 Å². The second kappa shape index (κ2) is 16.1. The normalized spacial score (nSPS) is 15.5. The van der Waals surface area contributed by atoms with Crippen molar-refractivity contribution >= 4 is 42.1 Å². The summed E-state index contributed by atoms with van der Waals surface area (Å²) in [6.45, 7) is 4.96. The van der Waals surface area contributed by atoms with Crippen molar-refractivity contribution < 1.29 is 23.5 Å². The van der Waals surface area contributed by atoms with Crippen molar-refractivity contribution in [1.29, 1.82) is 0 Å². The van der Waals surface area contributed by atoms with E-state index in [2.05, 4.69) is 10.2 Å². The first-order chi connectivity index (χ1) is 18.3. The Morgan fingerprint density at radius 2 is 1.82 bits per heavy atom. The number of rotatable bonds is 16. The Morgan fingerprint density at radius 1 is 1.13 bits per heavy atom. The van der Waals surface area contributed by atoms with E-state index in [9.17, 15) is 14.4 Å². The van der Waals surface area contributed by atoms with E-state index in [0.717, 1.165) is 37.1 Å². The lowest BCUT2D eigenvalue weighted by Crippen LogP contribution is -2.61. The first kappa shape index (κ1) is 32.9. The summed E-state index contributed by atoms with van der Waals surface area (Å²) in [5, 5.41) is 8.34. The summed E-state index contributed by atoms with van der Waals surface area (Å²) in [5.74, 6) is 0.0918. The van der Waals surface area contributed by atoms with Gasteiger partial charge in [-0.05, 0) is 44.8 Å². The fraction of sp³-hybridized carbons (Fsp3) is 0.607. The molecule has 1 unspecified atom stereocenters. The zero-order chi connectivity index (χ0) is 27.5. The van der Waals surface area contributed by atoms with Crippen molar-refractivity contribution in [3.8, 4) is 0 Å². The van der Waals surface area contributed by atoms with Crippen LogP contribution in [0.4, 0.5) is 0 Å². The molecule has 1 atom stereocenters. The lowest BCUT2D eigenvalue weighted by Gasteiger charge is -2.46. The molecular formula is C28H41ClN4O5S. The zero-order valence-corrected chi connectivity index (χ0v) is 25.0. The molecule has 1 aromatic heterocycles. The molecule has 216 valence electrons. The van der Waals surface area contributed by atoms with Gasteiger partial charge in [-0.1, -0.05) is 75.2 Å². The second-order valence-corrected chi connectivity index (χ2v) is 11.6. The Morgan fingerprint density at radius 3 is 2.44 bits per heavy atom. The lowest BCUT2D eigenvalue weighted by atomic mass is 9.76. The summed E-state index contributed by atoms with van der Waals surface area (Å²) in [4.78, 5) is 43.6. The van der Waals surface area contributed by atoms with Gasteiger partial charge in [0.05, 0.1) is 6.61 Å². The fourth-order valence-corrected chi connectivity index (χ4v) is 5.75. The van der Waals surface area contributed by atoms with Crippen molar-refractivity contribution in [2.75, 3.05) is 33.0 Å². The Hall–Kier alpha value is -2.27. The number of carbonyl (C=O) groups is 3. The molecule has 2 aromatic rings. The first-order valence-corrected chi connectivity index (χ1v) is 14.3. The predicted octanol–water partition coefficient (Wildman–Crippen LogP) is 4.69. The minimum Gasteiger partial charge on any atom is -0.408 e. The average Bonchev–Trinajstić information content (AvgIpc) is 3.37. The molecule has 1 saturated carbocycles. The molecule has 9 nitrogen and oxygen atoms in total. The van der Waals surface area contributed by atoms with Crippen molar-refractivity contribution in [2.24, 2.45) is 5.92 Å². The Balaban J connectivity index is 0.00000533. The first-order valence-electron chi connectivity index (χ1n) is 13.3. The van der Waals surface area contributed by atoms with Crippen molar-refractivity contribution in [3.63, 3.8) is 0 Å². The molecule has 0 aliphatic heterocycles. The minimum absolute atomic E-state index is 0. The number of ketones is 2. The van der Waals surface area contributed by atoms with Crippen molar-refractivity contribution in [2.45, 2.75) is 75.8 Å². The highest BCUT2D eigenvalue weighted by Gasteiger charge is 2.49. The Kier molecular flexibility index (Phi) is 13.6. The van der Waals surface area contributed by atoms with E-state index in [4.69, 9.17) is 9.15 Å². The summed E-state index contributed by atoms with van der Waals surface area (Å²) >= 11 is 1.38. The van der Waals surface area contributed by atoms with E-state index in [0.29, 0.717) is 37.5 Å². The van der Waals surface area contributed by atoms with Crippen LogP contribution in [0.15, 0.2) is 40.0 Å². The third-order valence-corrected chi connectivity index (χ3v) is 7.67. The van der Waals surface area contributed by atoms with E-state index in [1.807, 2.05) is 63.2 Å². The number of benzene rings is 1. The molecule has 1 aliphatic rings. The number of thioether (sulfide) groups is 1. The number of amides is 1. The number of ether oxygens (including phenoxy) is 1. The molecule has 3 rings (SSSR count). The third-order valence-electron chi connectivity index (χ3n) is 6.87. The molecule has 0 spiro atoms. The summed E-state index contributed by atoms with van der Waals surface area (Å²) in [7, 11) is 3.95. The number of nitrogens with zero attached hydrogens (tertiary/aromatic N) is 4. The summed E-state index contributed by atoms with van der Waals surface area (Å²) in [5.41, 5.74) is -0.136. The van der Waals surface area contributed by atoms with Gasteiger partial charge < -0.3 is 19.0 Å². The maximum absolute atomic E-state index is 13.7. The van der Waals surface area contributed by atoms with Crippen LogP contribution >= 0.6 is 24.2 Å². The second-order valence-electron chi connectivity index (χ2n) is 10.5. The number of carbonyl (C=O) groups excluding carboxylic acids is 3. The maximum atomic E-state index is 13.7. The molecule has 0 radical (unpaired) electrons. The van der Waals surface area contributed by atoms with Crippen LogP contribution in [0.5, 0.6) is 0 Å². The number of aromatic nitrogens is 2. The van der Waals surface area contributed by atoms with E-state index >= 15 is 0 Å². The minimum atomic E-state index is -1.10. The van der Waals surface area contributed by atoms with Gasteiger partial charge in [-0.3, -0.25) is 14.4 Å². The summed E-state index contributed by atoms with van der Waals surface area (Å²) in [6, 6.07) is 8.75. The van der Waals surface area contributed by atoms with Crippen molar-refractivity contribution in [1.82, 2.24) is 20.0 Å². The predicted molar refractivity (Wildman–Crippen MR) is 153 cm³/mol. The average molecular weight is 581 g/mol. The van der Waals surface area contributed by atoms with Gasteiger partial charge in [0.1, 0.15) is 18.2 Å². The zero-order valence-electron chi connectivity index (χ0n) is 23.3. The lowest BCUT2D eigenvalue weighted by molar-refractivity contribution is -0.147. The van der Waals surface area contributed by atoms with Crippen LogP contribution in [0.3, 0.4) is 0 Å². The monoisotopic (exact) mass is 580 g/mol. The largest absolute Gasteiger partial charge is 0.408 e. The van der Waals surface area contributed by atoms with Crippen LogP contribution in [0.25, 0.3) is 0 Å². The number of halogens is 1. The van der Waals surface area contributed by atoms with Gasteiger partial charge in [0.25, 0.3) is 11.1 Å². The van der Waals surface area contributed by atoms with Gasteiger partial charge in [-0.2, -0.15) is 0 Å². The molecule has 1 amide bonds. The quantitative estimate of drug-likeness (QED) is 0.159. The van der Waals surface area contributed by atoms with E-state index < -0.39 is 17.4 Å². The fourth-order valence-electron chi connectivity index (χ4n) is 4.88. The maximum Gasteiger partial charge on any atom is 0.286 e. The van der Waals surface area contributed by atoms with Gasteiger partial charge >= 0.3 is 0 Å². The summed E-state index contributed by atoms with van der Waals surface area (Å²) < 4.78 is 11.5. The van der Waals surface area contributed by atoms with Crippen molar-refractivity contribution in [3.05, 3.63) is 41.8 Å². The van der Waals surface area contributed by atoms with Crippen LogP contribution in [-0.4, -0.2) is 82.6 Å². The highest BCUT2D eigenvalue weighted by Crippen LogP contribution is 2.37. The molecular weight excluding hydrogens is 540 g/mol. The third kappa shape index (κ3) is 9.13. The highest BCUT2D eigenvalue weighted by atomic mass is 35.5. The van der Waals surface area contributed by atoms with Gasteiger partial charge in [-0.25, -0.2) is 0 Å². The van der Waals surface area contributed by atoms with E-state index in [-0.39, 0.29) is 36.6 Å². The summed E-state index contributed by atoms with van der Waals surface area (Å²) in [6.07, 6.45) is 4.60. The van der Waals surface area contributed by atoms with E-state index in [1.54, 1.807) is 0 Å². The standard InChI is InChI=1S/C28H40N4O5S.ClH/c1-21(2)17-23(25(35)26-29-30-27(37-26)38-16-15-31(3)4)32(20-33)28(13-9-6-10-14-28)24(34)19-36-18-22-11-7-5-8-12-22;/h5,7-8,11-12,20-21,23H,6,9-10,13-19H2,1-4H3;1H. The molecule has 1 aliphatic carbocycles. The van der Waals surface area contributed by atoms with Crippen LogP contribution in [0.1, 0.15) is 68.6 Å². The van der Waals surface area contributed by atoms with Crippen LogP contribution in [0.2, 0.25) is 0 Å². The van der Waals surface area contributed by atoms with E-state index in [1.165, 1.54) is 16.7 Å². The molecule has 0 N–H and O–H groups in total. The van der Waals surface area contributed by atoms with Crippen LogP contribution in [0, 0.1) is 5.92 Å². The highest BCUT2D eigenvalue weighted by molar-refractivity contribution is 7.99. The molecule has 1 fully saturated rings. The Labute approximate surface area is 241 Å². The molecule has 0 saturated heterocycles. The number of hydrogen-bond acceptors (Lipinski definition) is 9. The van der Waals surface area contributed by atoms with Crippen LogP contribution < -0.4 is 0 Å². The SMILES string of the molecule is CC(C)CC(C(=O)c1nnc(SCCN(C)C)o1)N(C=O)C1(C(=O)COCc2ccccc2)CCCCC1.Cl. The smallest absolute Gasteiger partial charge is 0.286 e. The Bertz CT molecular complexity index is 1040. The molecule has 11 heteroatoms. The van der Waals surface area contributed by atoms with Crippen LogP contribution in [-0.2, 0) is 20.9 Å². The van der Waals surface area contributed by atoms with Gasteiger partial charge in [0, 0.05) is 12.3 Å². The topological polar surface area (TPSA) is 106 Å². The molecule has 1 aromatic carbocycles. The number of Topliss-reactive ketones (excluding diaryl/α,β-unsaturated/α-hetero) is 2. The number of hydrogen-bond donors (Lipinski definition) is 0. The molecule has 1 heterocycles. The van der Waals surface area contributed by atoms with Gasteiger partial charge in [-0.15, -0.1) is 22.6 Å². The van der Waals surface area contributed by atoms with Gasteiger partial charge in [0.2, 0.25) is 12.2 Å². The molecule has 39 heavy (non-hydrogen) atoms.